The summed E-state index contributed by atoms with van der Waals surface area (Å²) < 4.78 is 0. The number of rotatable bonds is 5. The lowest BCUT2D eigenvalue weighted by Gasteiger charge is -2.10. The maximum atomic E-state index is 11.7. The number of phenols is 1. The largest absolute Gasteiger partial charge is 0.508 e. The molecule has 0 spiro atoms. The Morgan fingerprint density at radius 1 is 1.53 bits per heavy atom. The highest BCUT2D eigenvalue weighted by Gasteiger charge is 2.07. The van der Waals surface area contributed by atoms with Crippen molar-refractivity contribution in [3.8, 4) is 5.75 Å². The summed E-state index contributed by atoms with van der Waals surface area (Å²) in [5.41, 5.74) is 7.09. The summed E-state index contributed by atoms with van der Waals surface area (Å²) in [6.45, 7) is 4.47. The average Bonchev–Trinajstić information content (AvgIpc) is 2.29. The van der Waals surface area contributed by atoms with Gasteiger partial charge in [0, 0.05) is 12.1 Å². The van der Waals surface area contributed by atoms with Gasteiger partial charge >= 0.3 is 0 Å². The van der Waals surface area contributed by atoms with Crippen molar-refractivity contribution < 1.29 is 9.90 Å². The summed E-state index contributed by atoms with van der Waals surface area (Å²) in [6.07, 6.45) is 1.26. The second kappa shape index (κ2) is 6.25. The lowest BCUT2D eigenvalue weighted by molar-refractivity contribution is -0.116. The Morgan fingerprint density at radius 3 is 2.82 bits per heavy atom. The second-order valence-electron chi connectivity index (χ2n) is 4.43. The normalized spacial score (nSPS) is 12.2. The van der Waals surface area contributed by atoms with Crippen LogP contribution in [0.5, 0.6) is 5.75 Å². The highest BCUT2D eigenvalue weighted by atomic mass is 16.3. The highest BCUT2D eigenvalue weighted by molar-refractivity contribution is 5.91. The molecule has 1 unspecified atom stereocenters. The van der Waals surface area contributed by atoms with Crippen molar-refractivity contribution in [1.29, 1.82) is 0 Å². The molecule has 0 aromatic heterocycles. The Balaban J connectivity index is 2.50. The zero-order valence-corrected chi connectivity index (χ0v) is 10.4. The third-order valence-corrected chi connectivity index (χ3v) is 2.75. The molecule has 4 heteroatoms. The molecule has 17 heavy (non-hydrogen) atoms. The minimum absolute atomic E-state index is 0.0147. The first kappa shape index (κ1) is 13.5. The fourth-order valence-electron chi connectivity index (χ4n) is 1.50. The molecule has 0 saturated heterocycles. The lowest BCUT2D eigenvalue weighted by atomic mass is 10.1. The van der Waals surface area contributed by atoms with Gasteiger partial charge in [0.25, 0.3) is 0 Å². The number of aromatic hydroxyl groups is 1. The van der Waals surface area contributed by atoms with Crippen LogP contribution in [0.1, 0.15) is 25.3 Å². The van der Waals surface area contributed by atoms with Crippen LogP contribution in [0.4, 0.5) is 5.69 Å². The van der Waals surface area contributed by atoms with Crippen LogP contribution >= 0.6 is 0 Å². The molecule has 0 saturated carbocycles. The lowest BCUT2D eigenvalue weighted by Crippen LogP contribution is -2.16. The molecule has 1 amide bonds. The molecule has 4 nitrogen and oxygen atoms in total. The van der Waals surface area contributed by atoms with Crippen LogP contribution in [-0.2, 0) is 4.79 Å². The van der Waals surface area contributed by atoms with Crippen molar-refractivity contribution in [1.82, 2.24) is 0 Å². The van der Waals surface area contributed by atoms with E-state index in [1.165, 1.54) is 0 Å². The van der Waals surface area contributed by atoms with E-state index in [-0.39, 0.29) is 11.7 Å². The van der Waals surface area contributed by atoms with Gasteiger partial charge in [-0.25, -0.2) is 0 Å². The van der Waals surface area contributed by atoms with Crippen LogP contribution in [0.15, 0.2) is 18.2 Å². The fraction of sp³-hybridized carbons (Fsp3) is 0.462. The van der Waals surface area contributed by atoms with E-state index in [1.54, 1.807) is 18.2 Å². The summed E-state index contributed by atoms with van der Waals surface area (Å²) >= 11 is 0. The van der Waals surface area contributed by atoms with Crippen LogP contribution in [-0.4, -0.2) is 17.6 Å². The molecular weight excluding hydrogens is 216 g/mol. The second-order valence-corrected chi connectivity index (χ2v) is 4.43. The molecule has 0 aliphatic carbocycles. The van der Waals surface area contributed by atoms with Gasteiger partial charge < -0.3 is 16.2 Å². The first-order chi connectivity index (χ1) is 8.02. The highest BCUT2D eigenvalue weighted by Crippen LogP contribution is 2.20. The molecule has 0 bridgehead atoms. The number of hydrogen-bond donors (Lipinski definition) is 3. The molecule has 0 radical (unpaired) electrons. The molecular formula is C13H20N2O2. The van der Waals surface area contributed by atoms with E-state index >= 15 is 0 Å². The summed E-state index contributed by atoms with van der Waals surface area (Å²) in [5.74, 6) is 0.554. The van der Waals surface area contributed by atoms with Crippen molar-refractivity contribution in [2.45, 2.75) is 26.7 Å². The topological polar surface area (TPSA) is 75.3 Å². The minimum Gasteiger partial charge on any atom is -0.508 e. The average molecular weight is 236 g/mol. The zero-order valence-electron chi connectivity index (χ0n) is 10.4. The van der Waals surface area contributed by atoms with Crippen molar-refractivity contribution in [3.05, 3.63) is 23.8 Å². The number of carbonyl (C=O) groups is 1. The number of nitrogens with one attached hydrogen (secondary N) is 1. The number of carbonyl (C=O) groups excluding carboxylic acids is 1. The number of nitrogens with two attached hydrogens (primary N) is 1. The Morgan fingerprint density at radius 2 is 2.24 bits per heavy atom. The molecule has 0 aliphatic heterocycles. The molecule has 1 rings (SSSR count). The number of phenolic OH excluding ortho intramolecular Hbond substituents is 1. The monoisotopic (exact) mass is 236 g/mol. The Bertz CT molecular complexity index is 391. The summed E-state index contributed by atoms with van der Waals surface area (Å²) in [7, 11) is 0. The first-order valence-electron chi connectivity index (χ1n) is 5.82. The predicted octanol–water partition coefficient (Wildman–Crippen LogP) is 2.01. The summed E-state index contributed by atoms with van der Waals surface area (Å²) in [6, 6.07) is 4.89. The van der Waals surface area contributed by atoms with Crippen molar-refractivity contribution in [2.24, 2.45) is 11.7 Å². The molecule has 0 heterocycles. The quantitative estimate of drug-likeness (QED) is 0.684. The van der Waals surface area contributed by atoms with Gasteiger partial charge in [0.2, 0.25) is 5.91 Å². The molecule has 1 aromatic rings. The van der Waals surface area contributed by atoms with E-state index in [2.05, 4.69) is 5.32 Å². The van der Waals surface area contributed by atoms with E-state index in [9.17, 15) is 9.90 Å². The van der Waals surface area contributed by atoms with Crippen LogP contribution in [0.2, 0.25) is 0 Å². The summed E-state index contributed by atoms with van der Waals surface area (Å²) in [4.78, 5) is 11.7. The standard InChI is InChI=1S/C13H20N2O2/c1-9(8-14)3-6-13(17)15-12-5-4-11(16)7-10(12)2/h4-5,7,9,16H,3,6,8,14H2,1-2H3,(H,15,17). The number of hydrogen-bond acceptors (Lipinski definition) is 3. The number of aryl methyl sites for hydroxylation is 1. The Labute approximate surface area is 102 Å². The van der Waals surface area contributed by atoms with Crippen LogP contribution in [0, 0.1) is 12.8 Å². The third-order valence-electron chi connectivity index (χ3n) is 2.75. The van der Waals surface area contributed by atoms with Gasteiger partial charge in [0.1, 0.15) is 5.75 Å². The van der Waals surface area contributed by atoms with Crippen molar-refractivity contribution in [2.75, 3.05) is 11.9 Å². The van der Waals surface area contributed by atoms with Crippen molar-refractivity contribution in [3.63, 3.8) is 0 Å². The molecule has 1 aromatic carbocycles. The smallest absolute Gasteiger partial charge is 0.224 e. The first-order valence-corrected chi connectivity index (χ1v) is 5.82. The molecule has 0 aliphatic rings. The number of anilines is 1. The van der Waals surface area contributed by atoms with E-state index in [1.807, 2.05) is 13.8 Å². The maximum absolute atomic E-state index is 11.7. The van der Waals surface area contributed by atoms with E-state index in [0.717, 1.165) is 17.7 Å². The Kier molecular flexibility index (Phi) is 4.97. The molecule has 4 N–H and O–H groups in total. The summed E-state index contributed by atoms with van der Waals surface area (Å²) in [5, 5.41) is 12.1. The van der Waals surface area contributed by atoms with Gasteiger partial charge in [-0.15, -0.1) is 0 Å². The van der Waals surface area contributed by atoms with Gasteiger partial charge in [-0.1, -0.05) is 6.92 Å². The van der Waals surface area contributed by atoms with Crippen molar-refractivity contribution >= 4 is 11.6 Å². The van der Waals surface area contributed by atoms with E-state index < -0.39 is 0 Å². The van der Waals surface area contributed by atoms with Gasteiger partial charge in [-0.3, -0.25) is 4.79 Å². The molecule has 1 atom stereocenters. The third kappa shape index (κ3) is 4.44. The van der Waals surface area contributed by atoms with Crippen LogP contribution in [0.3, 0.4) is 0 Å². The number of amides is 1. The van der Waals surface area contributed by atoms with Gasteiger partial charge in [-0.2, -0.15) is 0 Å². The Hall–Kier alpha value is -1.55. The van der Waals surface area contributed by atoms with Gasteiger partial charge in [0.05, 0.1) is 0 Å². The van der Waals surface area contributed by atoms with E-state index in [0.29, 0.717) is 18.9 Å². The molecule has 0 fully saturated rings. The number of benzene rings is 1. The molecule has 94 valence electrons. The predicted molar refractivity (Wildman–Crippen MR) is 68.9 cm³/mol. The van der Waals surface area contributed by atoms with Gasteiger partial charge in [0.15, 0.2) is 0 Å². The van der Waals surface area contributed by atoms with Gasteiger partial charge in [-0.05, 0) is 49.6 Å². The van der Waals surface area contributed by atoms with Crippen LogP contribution < -0.4 is 11.1 Å². The minimum atomic E-state index is -0.0147. The maximum Gasteiger partial charge on any atom is 0.224 e. The van der Waals surface area contributed by atoms with Crippen LogP contribution in [0.25, 0.3) is 0 Å². The SMILES string of the molecule is Cc1cc(O)ccc1NC(=O)CCC(C)CN. The zero-order chi connectivity index (χ0) is 12.8. The van der Waals surface area contributed by atoms with E-state index in [4.69, 9.17) is 5.73 Å². The fourth-order valence-corrected chi connectivity index (χ4v) is 1.50.